The van der Waals surface area contributed by atoms with E-state index in [2.05, 4.69) is 47.7 Å². The number of hydrogen-bond acceptors (Lipinski definition) is 2. The van der Waals surface area contributed by atoms with E-state index >= 15 is 0 Å². The molecule has 0 aromatic heterocycles. The minimum Gasteiger partial charge on any atom is -0.352 e. The summed E-state index contributed by atoms with van der Waals surface area (Å²) in [6.07, 6.45) is 0. The van der Waals surface area contributed by atoms with Gasteiger partial charge >= 0.3 is 0 Å². The molecule has 0 radical (unpaired) electrons. The van der Waals surface area contributed by atoms with Crippen LogP contribution in [0.1, 0.15) is 32.6 Å². The minimum absolute atomic E-state index is 0. The van der Waals surface area contributed by atoms with Gasteiger partial charge in [0, 0.05) is 39.8 Å². The van der Waals surface area contributed by atoms with Crippen molar-refractivity contribution in [2.75, 3.05) is 21.1 Å². The number of guanidine groups is 1. The molecular formula is C21H29IN4O. The Morgan fingerprint density at radius 3 is 2.19 bits per heavy atom. The topological polar surface area (TPSA) is 56.7 Å². The zero-order chi connectivity index (χ0) is 19.1. The maximum absolute atomic E-state index is 11.9. The second-order valence-corrected chi connectivity index (χ2v) is 6.61. The van der Waals surface area contributed by atoms with Gasteiger partial charge in [-0.15, -0.1) is 24.0 Å². The van der Waals surface area contributed by atoms with Crippen LogP contribution >= 0.6 is 24.0 Å². The minimum atomic E-state index is 0. The van der Waals surface area contributed by atoms with Gasteiger partial charge in [0.1, 0.15) is 0 Å². The highest BCUT2D eigenvalue weighted by Gasteiger charge is 2.07. The lowest BCUT2D eigenvalue weighted by Crippen LogP contribution is -2.36. The molecule has 146 valence electrons. The molecule has 2 N–H and O–H groups in total. The summed E-state index contributed by atoms with van der Waals surface area (Å²) in [4.78, 5) is 17.8. The Morgan fingerprint density at radius 1 is 1.00 bits per heavy atom. The number of hydrogen-bond donors (Lipinski definition) is 2. The monoisotopic (exact) mass is 480 g/mol. The van der Waals surface area contributed by atoms with Crippen molar-refractivity contribution in [3.05, 3.63) is 70.3 Å². The van der Waals surface area contributed by atoms with Crippen LogP contribution < -0.4 is 10.6 Å². The van der Waals surface area contributed by atoms with E-state index in [-0.39, 0.29) is 29.9 Å². The van der Waals surface area contributed by atoms with E-state index in [0.717, 1.165) is 18.1 Å². The molecular weight excluding hydrogens is 451 g/mol. The molecule has 2 aromatic carbocycles. The van der Waals surface area contributed by atoms with Gasteiger partial charge in [0.2, 0.25) is 0 Å². The molecule has 0 aliphatic rings. The first-order valence-corrected chi connectivity index (χ1v) is 8.72. The number of rotatable bonds is 5. The summed E-state index contributed by atoms with van der Waals surface area (Å²) in [6.45, 7) is 5.59. The predicted octanol–water partition coefficient (Wildman–Crippen LogP) is 3.49. The van der Waals surface area contributed by atoms with Gasteiger partial charge in [-0.05, 0) is 42.7 Å². The Hall–Kier alpha value is -2.09. The van der Waals surface area contributed by atoms with Gasteiger partial charge in [-0.2, -0.15) is 0 Å². The first-order chi connectivity index (χ1) is 12.4. The van der Waals surface area contributed by atoms with E-state index in [0.29, 0.717) is 12.1 Å². The normalized spacial score (nSPS) is 10.8. The van der Waals surface area contributed by atoms with Gasteiger partial charge in [0.15, 0.2) is 5.96 Å². The first-order valence-electron chi connectivity index (χ1n) is 8.72. The Balaban J connectivity index is 0.00000364. The number of aryl methyl sites for hydroxylation is 2. The molecule has 0 atom stereocenters. The van der Waals surface area contributed by atoms with Crippen LogP contribution in [0.3, 0.4) is 0 Å². The summed E-state index contributed by atoms with van der Waals surface area (Å²) >= 11 is 0. The molecule has 5 nitrogen and oxygen atoms in total. The average molecular weight is 480 g/mol. The van der Waals surface area contributed by atoms with Gasteiger partial charge in [0.25, 0.3) is 5.91 Å². The molecule has 0 saturated carbocycles. The smallest absolute Gasteiger partial charge is 0.253 e. The number of nitrogens with zero attached hydrogens (tertiary/aromatic N) is 2. The number of carbonyl (C=O) groups excluding carboxylic acids is 1. The van der Waals surface area contributed by atoms with Crippen LogP contribution in [-0.4, -0.2) is 37.9 Å². The van der Waals surface area contributed by atoms with Crippen LogP contribution in [0.5, 0.6) is 0 Å². The number of nitrogens with one attached hydrogen (secondary N) is 2. The number of halogens is 1. The van der Waals surface area contributed by atoms with E-state index < -0.39 is 0 Å². The molecule has 2 aromatic rings. The second-order valence-electron chi connectivity index (χ2n) is 6.61. The zero-order valence-corrected chi connectivity index (χ0v) is 19.0. The van der Waals surface area contributed by atoms with Gasteiger partial charge < -0.3 is 15.5 Å². The molecule has 2 rings (SSSR count). The maximum atomic E-state index is 11.9. The van der Waals surface area contributed by atoms with Crippen molar-refractivity contribution < 1.29 is 4.79 Å². The summed E-state index contributed by atoms with van der Waals surface area (Å²) in [5.74, 6) is 0.758. The Kier molecular flexibility index (Phi) is 9.28. The summed E-state index contributed by atoms with van der Waals surface area (Å²) in [5, 5.41) is 6.64. The van der Waals surface area contributed by atoms with Crippen LogP contribution in [0.4, 0.5) is 0 Å². The number of aliphatic imine (C=N–C) groups is 1. The summed E-state index contributed by atoms with van der Waals surface area (Å²) in [6, 6.07) is 14.1. The fourth-order valence-electron chi connectivity index (χ4n) is 2.65. The fourth-order valence-corrected chi connectivity index (χ4v) is 2.65. The lowest BCUT2D eigenvalue weighted by atomic mass is 10.1. The van der Waals surface area contributed by atoms with Crippen molar-refractivity contribution in [2.45, 2.75) is 26.9 Å². The van der Waals surface area contributed by atoms with Crippen molar-refractivity contribution in [1.29, 1.82) is 0 Å². The molecule has 6 heteroatoms. The molecule has 0 bridgehead atoms. The van der Waals surface area contributed by atoms with E-state index in [1.165, 1.54) is 16.7 Å². The fraction of sp³-hybridized carbons (Fsp3) is 0.333. The summed E-state index contributed by atoms with van der Waals surface area (Å²) in [5.41, 5.74) is 5.58. The molecule has 0 heterocycles. The largest absolute Gasteiger partial charge is 0.352 e. The maximum Gasteiger partial charge on any atom is 0.253 e. The molecule has 0 aliphatic carbocycles. The molecule has 0 spiro atoms. The van der Waals surface area contributed by atoms with Crippen LogP contribution in [0.2, 0.25) is 0 Å². The Bertz CT molecular complexity index is 785. The number of carbonyl (C=O) groups is 1. The summed E-state index contributed by atoms with van der Waals surface area (Å²) < 4.78 is 0. The van der Waals surface area contributed by atoms with Crippen molar-refractivity contribution in [3.63, 3.8) is 0 Å². The first kappa shape index (κ1) is 23.0. The third-order valence-corrected chi connectivity index (χ3v) is 4.24. The average Bonchev–Trinajstić information content (AvgIpc) is 2.63. The molecule has 0 unspecified atom stereocenters. The Morgan fingerprint density at radius 2 is 1.63 bits per heavy atom. The van der Waals surface area contributed by atoms with Crippen LogP contribution in [-0.2, 0) is 13.1 Å². The van der Waals surface area contributed by atoms with Crippen LogP contribution in [0.25, 0.3) is 0 Å². The highest BCUT2D eigenvalue weighted by Crippen LogP contribution is 2.10. The molecule has 0 saturated heterocycles. The van der Waals surface area contributed by atoms with Crippen molar-refractivity contribution >= 4 is 35.8 Å². The quantitative estimate of drug-likeness (QED) is 0.392. The van der Waals surface area contributed by atoms with E-state index in [1.807, 2.05) is 24.3 Å². The van der Waals surface area contributed by atoms with Crippen molar-refractivity contribution in [1.82, 2.24) is 15.5 Å². The van der Waals surface area contributed by atoms with E-state index in [9.17, 15) is 4.79 Å². The SMILES string of the molecule is CN=C(NCc1ccc(C(=O)N(C)C)cc1)NCc1ccc(C)cc1C.I. The van der Waals surface area contributed by atoms with Gasteiger partial charge in [-0.3, -0.25) is 9.79 Å². The molecule has 0 aliphatic heterocycles. The zero-order valence-electron chi connectivity index (χ0n) is 16.7. The predicted molar refractivity (Wildman–Crippen MR) is 123 cm³/mol. The third-order valence-electron chi connectivity index (χ3n) is 4.24. The van der Waals surface area contributed by atoms with Gasteiger partial charge in [-0.1, -0.05) is 35.9 Å². The lowest BCUT2D eigenvalue weighted by Gasteiger charge is -2.14. The summed E-state index contributed by atoms with van der Waals surface area (Å²) in [7, 11) is 5.27. The molecule has 1 amide bonds. The van der Waals surface area contributed by atoms with Crippen molar-refractivity contribution in [2.24, 2.45) is 4.99 Å². The third kappa shape index (κ3) is 6.86. The van der Waals surface area contributed by atoms with Crippen LogP contribution in [0, 0.1) is 13.8 Å². The van der Waals surface area contributed by atoms with Crippen molar-refractivity contribution in [3.8, 4) is 0 Å². The lowest BCUT2D eigenvalue weighted by molar-refractivity contribution is 0.0827. The highest BCUT2D eigenvalue weighted by molar-refractivity contribution is 14.0. The second kappa shape index (κ2) is 10.9. The van der Waals surface area contributed by atoms with E-state index in [1.54, 1.807) is 26.0 Å². The number of amides is 1. The Labute approximate surface area is 179 Å². The molecule has 27 heavy (non-hydrogen) atoms. The number of benzene rings is 2. The highest BCUT2D eigenvalue weighted by atomic mass is 127. The molecule has 0 fully saturated rings. The van der Waals surface area contributed by atoms with Crippen LogP contribution in [0.15, 0.2) is 47.5 Å². The standard InChI is InChI=1S/C21H28N4O.HI/c1-15-6-9-19(16(2)12-15)14-24-21(22-3)23-13-17-7-10-18(11-8-17)20(26)25(4)5;/h6-12H,13-14H2,1-5H3,(H2,22,23,24);1H. The van der Waals surface area contributed by atoms with Gasteiger partial charge in [0.05, 0.1) is 0 Å². The van der Waals surface area contributed by atoms with Gasteiger partial charge in [-0.25, -0.2) is 0 Å². The van der Waals surface area contributed by atoms with E-state index in [4.69, 9.17) is 0 Å².